The minimum Gasteiger partial charge on any atom is -0.358 e. The second-order valence-electron chi connectivity index (χ2n) is 8.34. The third-order valence-electron chi connectivity index (χ3n) is 6.65. The molecule has 2 fully saturated rings. The fourth-order valence-corrected chi connectivity index (χ4v) is 4.75. The molecular weight excluding hydrogens is 366 g/mol. The molecule has 0 aromatic heterocycles. The highest BCUT2D eigenvalue weighted by molar-refractivity contribution is 6.07. The Bertz CT molecular complexity index is 760. The highest BCUT2D eigenvalue weighted by Crippen LogP contribution is 2.39. The molecule has 7 nitrogen and oxygen atoms in total. The second kappa shape index (κ2) is 8.71. The summed E-state index contributed by atoms with van der Waals surface area (Å²) in [4.78, 5) is 34.3. The monoisotopic (exact) mass is 399 g/mol. The number of piperazine rings is 1. The summed E-state index contributed by atoms with van der Waals surface area (Å²) in [5, 5.41) is 3.05. The van der Waals surface area contributed by atoms with Crippen molar-refractivity contribution in [2.75, 3.05) is 69.2 Å². The van der Waals surface area contributed by atoms with Gasteiger partial charge in [-0.1, -0.05) is 6.92 Å². The fraction of sp³-hybridized carbons (Fsp3) is 0.636. The Morgan fingerprint density at radius 1 is 1.07 bits per heavy atom. The van der Waals surface area contributed by atoms with Crippen LogP contribution in [0.4, 0.5) is 11.4 Å². The molecule has 0 spiro atoms. The number of rotatable bonds is 5. The van der Waals surface area contributed by atoms with Crippen LogP contribution in [0.2, 0.25) is 0 Å². The van der Waals surface area contributed by atoms with Crippen molar-refractivity contribution >= 4 is 23.2 Å². The fourth-order valence-electron chi connectivity index (χ4n) is 4.75. The lowest BCUT2D eigenvalue weighted by molar-refractivity contribution is -0.120. The number of benzene rings is 1. The van der Waals surface area contributed by atoms with Gasteiger partial charge in [-0.2, -0.15) is 0 Å². The smallest absolute Gasteiger partial charge is 0.251 e. The van der Waals surface area contributed by atoms with Crippen LogP contribution >= 0.6 is 0 Å². The first kappa shape index (κ1) is 20.2. The van der Waals surface area contributed by atoms with Gasteiger partial charge in [-0.25, -0.2) is 0 Å². The zero-order valence-corrected chi connectivity index (χ0v) is 17.7. The third-order valence-corrected chi connectivity index (χ3v) is 6.65. The van der Waals surface area contributed by atoms with Crippen LogP contribution in [0.1, 0.15) is 36.5 Å². The highest BCUT2D eigenvalue weighted by atomic mass is 16.2. The van der Waals surface area contributed by atoms with Gasteiger partial charge in [-0.3, -0.25) is 14.5 Å². The van der Waals surface area contributed by atoms with Crippen molar-refractivity contribution in [1.29, 1.82) is 0 Å². The van der Waals surface area contributed by atoms with Gasteiger partial charge in [0, 0.05) is 58.4 Å². The van der Waals surface area contributed by atoms with Gasteiger partial charge in [0.1, 0.15) is 6.04 Å². The Hall–Kier alpha value is -2.12. The molecule has 1 aromatic carbocycles. The standard InChI is InChI=1S/C22H33N5O2/c1-3-25-12-14-26(15-13-25)11-9-23-21(28)17-7-8-18-20(16-17)24(2)22(29)19-6-4-5-10-27(18)19/h7-8,16,19H,3-6,9-15H2,1-2H3,(H,23,28)/t19-/m0/s1. The lowest BCUT2D eigenvalue weighted by Crippen LogP contribution is -2.54. The van der Waals surface area contributed by atoms with E-state index in [9.17, 15) is 9.59 Å². The molecule has 0 unspecified atom stereocenters. The van der Waals surface area contributed by atoms with Gasteiger partial charge in [0.25, 0.3) is 5.91 Å². The van der Waals surface area contributed by atoms with Crippen molar-refractivity contribution < 1.29 is 9.59 Å². The maximum absolute atomic E-state index is 12.8. The quantitative estimate of drug-likeness (QED) is 0.811. The Morgan fingerprint density at radius 2 is 1.83 bits per heavy atom. The lowest BCUT2D eigenvalue weighted by atomic mass is 9.96. The highest BCUT2D eigenvalue weighted by Gasteiger charge is 2.38. The van der Waals surface area contributed by atoms with Gasteiger partial charge in [-0.05, 0) is 44.0 Å². The molecule has 3 aliphatic heterocycles. The Labute approximate surface area is 173 Å². The summed E-state index contributed by atoms with van der Waals surface area (Å²) >= 11 is 0. The molecule has 0 saturated carbocycles. The Kier molecular flexibility index (Phi) is 6.06. The molecule has 1 N–H and O–H groups in total. The van der Waals surface area contributed by atoms with Crippen LogP contribution in [-0.4, -0.2) is 87.1 Å². The predicted molar refractivity (Wildman–Crippen MR) is 116 cm³/mol. The van der Waals surface area contributed by atoms with Crippen LogP contribution in [0.5, 0.6) is 0 Å². The van der Waals surface area contributed by atoms with Crippen molar-refractivity contribution in [1.82, 2.24) is 15.1 Å². The predicted octanol–water partition coefficient (Wildman–Crippen LogP) is 1.39. The van der Waals surface area contributed by atoms with E-state index in [4.69, 9.17) is 0 Å². The Balaban J connectivity index is 1.37. The molecule has 4 rings (SSSR count). The number of likely N-dealkylation sites (N-methyl/N-ethyl adjacent to an activating group) is 2. The number of piperidine rings is 1. The van der Waals surface area contributed by atoms with Gasteiger partial charge in [0.2, 0.25) is 5.91 Å². The van der Waals surface area contributed by atoms with E-state index in [1.807, 2.05) is 25.2 Å². The van der Waals surface area contributed by atoms with E-state index in [1.165, 1.54) is 0 Å². The van der Waals surface area contributed by atoms with E-state index in [0.717, 1.165) is 76.5 Å². The maximum atomic E-state index is 12.8. The molecular formula is C22H33N5O2. The van der Waals surface area contributed by atoms with E-state index < -0.39 is 0 Å². The number of carbonyl (C=O) groups excluding carboxylic acids is 2. The van der Waals surface area contributed by atoms with Gasteiger partial charge >= 0.3 is 0 Å². The van der Waals surface area contributed by atoms with Crippen LogP contribution in [-0.2, 0) is 4.79 Å². The van der Waals surface area contributed by atoms with Gasteiger partial charge < -0.3 is 20.0 Å². The van der Waals surface area contributed by atoms with Crippen molar-refractivity contribution in [2.24, 2.45) is 0 Å². The number of nitrogens with zero attached hydrogens (tertiary/aromatic N) is 4. The van der Waals surface area contributed by atoms with Gasteiger partial charge in [-0.15, -0.1) is 0 Å². The summed E-state index contributed by atoms with van der Waals surface area (Å²) in [5.41, 5.74) is 2.54. The van der Waals surface area contributed by atoms with E-state index in [2.05, 4.69) is 26.9 Å². The molecule has 2 amide bonds. The summed E-state index contributed by atoms with van der Waals surface area (Å²) in [5.74, 6) is 0.0718. The van der Waals surface area contributed by atoms with Crippen molar-refractivity contribution in [3.63, 3.8) is 0 Å². The number of hydrogen-bond donors (Lipinski definition) is 1. The van der Waals surface area contributed by atoms with Crippen molar-refractivity contribution in [3.05, 3.63) is 23.8 Å². The molecule has 3 aliphatic rings. The minimum atomic E-state index is -0.0680. The SMILES string of the molecule is CCN1CCN(CCNC(=O)c2ccc3c(c2)N(C)C(=O)[C@@H]2CCCCN32)CC1. The van der Waals surface area contributed by atoms with Crippen LogP contribution in [0.15, 0.2) is 18.2 Å². The van der Waals surface area contributed by atoms with Crippen LogP contribution < -0.4 is 15.1 Å². The van der Waals surface area contributed by atoms with E-state index in [1.54, 1.807) is 4.90 Å². The first-order valence-corrected chi connectivity index (χ1v) is 11.0. The van der Waals surface area contributed by atoms with E-state index in [-0.39, 0.29) is 17.9 Å². The molecule has 158 valence electrons. The number of hydrogen-bond acceptors (Lipinski definition) is 5. The molecule has 0 aliphatic carbocycles. The molecule has 2 saturated heterocycles. The van der Waals surface area contributed by atoms with Crippen LogP contribution in [0.25, 0.3) is 0 Å². The number of nitrogens with one attached hydrogen (secondary N) is 1. The van der Waals surface area contributed by atoms with Crippen LogP contribution in [0, 0.1) is 0 Å². The van der Waals surface area contributed by atoms with Crippen LogP contribution in [0.3, 0.4) is 0 Å². The maximum Gasteiger partial charge on any atom is 0.251 e. The summed E-state index contributed by atoms with van der Waals surface area (Å²) in [6, 6.07) is 5.72. The molecule has 1 aromatic rings. The molecule has 7 heteroatoms. The van der Waals surface area contributed by atoms with Gasteiger partial charge in [0.05, 0.1) is 11.4 Å². The zero-order chi connectivity index (χ0) is 20.4. The molecule has 0 radical (unpaired) electrons. The number of anilines is 2. The number of fused-ring (bicyclic) bond motifs is 3. The lowest BCUT2D eigenvalue weighted by Gasteiger charge is -2.44. The summed E-state index contributed by atoms with van der Waals surface area (Å²) in [7, 11) is 1.82. The summed E-state index contributed by atoms with van der Waals surface area (Å²) < 4.78 is 0. The molecule has 29 heavy (non-hydrogen) atoms. The minimum absolute atomic E-state index is 0.0471. The Morgan fingerprint density at radius 3 is 2.59 bits per heavy atom. The summed E-state index contributed by atoms with van der Waals surface area (Å²) in [6.45, 7) is 10.1. The third kappa shape index (κ3) is 4.12. The van der Waals surface area contributed by atoms with E-state index >= 15 is 0 Å². The first-order chi connectivity index (χ1) is 14.1. The molecule has 1 atom stereocenters. The van der Waals surface area contributed by atoms with Crippen molar-refractivity contribution in [3.8, 4) is 0 Å². The topological polar surface area (TPSA) is 59.1 Å². The molecule has 3 heterocycles. The first-order valence-electron chi connectivity index (χ1n) is 11.0. The number of amides is 2. The summed E-state index contributed by atoms with van der Waals surface area (Å²) in [6.07, 6.45) is 3.13. The van der Waals surface area contributed by atoms with E-state index in [0.29, 0.717) is 12.1 Å². The largest absolute Gasteiger partial charge is 0.358 e. The van der Waals surface area contributed by atoms with Crippen molar-refractivity contribution in [2.45, 2.75) is 32.2 Å². The molecule has 0 bridgehead atoms. The zero-order valence-electron chi connectivity index (χ0n) is 17.7. The average Bonchev–Trinajstić information content (AvgIpc) is 2.77. The average molecular weight is 400 g/mol. The number of carbonyl (C=O) groups is 2. The normalized spacial score (nSPS) is 23.0. The second-order valence-corrected chi connectivity index (χ2v) is 8.34. The van der Waals surface area contributed by atoms with Gasteiger partial charge in [0.15, 0.2) is 0 Å².